The Balaban J connectivity index is 2.16. The number of aromatic nitrogens is 2. The van der Waals surface area contributed by atoms with E-state index in [0.717, 1.165) is 29.9 Å². The fourth-order valence-corrected chi connectivity index (χ4v) is 2.10. The largest absolute Gasteiger partial charge is 0.381 e. The Morgan fingerprint density at radius 1 is 1.42 bits per heavy atom. The molecule has 0 saturated heterocycles. The average molecular weight is 254 g/mol. The van der Waals surface area contributed by atoms with Crippen molar-refractivity contribution in [3.05, 3.63) is 46.8 Å². The van der Waals surface area contributed by atoms with Gasteiger partial charge in [-0.05, 0) is 31.0 Å². The summed E-state index contributed by atoms with van der Waals surface area (Å²) in [6.07, 6.45) is 2.96. The summed E-state index contributed by atoms with van der Waals surface area (Å²) in [7, 11) is 1.93. The minimum atomic E-state index is 0.676. The standard InChI is InChI=1S/C15H18N4/c1-4-14-13(10-19(3)18-14)9-17-15-7-12(8-16)6-5-11(15)2/h5-7,10,17H,4,9H2,1-3H3. The molecule has 4 heteroatoms. The third-order valence-electron chi connectivity index (χ3n) is 3.16. The molecule has 0 aliphatic heterocycles. The number of rotatable bonds is 4. The SMILES string of the molecule is CCc1nn(C)cc1CNc1cc(C#N)ccc1C. The van der Waals surface area contributed by atoms with Crippen molar-refractivity contribution < 1.29 is 0 Å². The van der Waals surface area contributed by atoms with Crippen LogP contribution in [0.1, 0.15) is 29.3 Å². The molecule has 98 valence electrons. The van der Waals surface area contributed by atoms with Crippen LogP contribution >= 0.6 is 0 Å². The second kappa shape index (κ2) is 5.57. The van der Waals surface area contributed by atoms with E-state index in [1.54, 1.807) is 0 Å². The highest BCUT2D eigenvalue weighted by molar-refractivity contribution is 5.55. The minimum absolute atomic E-state index is 0.676. The summed E-state index contributed by atoms with van der Waals surface area (Å²) in [5.74, 6) is 0. The third kappa shape index (κ3) is 2.94. The van der Waals surface area contributed by atoms with Crippen molar-refractivity contribution in [3.8, 4) is 6.07 Å². The molecular formula is C15H18N4. The van der Waals surface area contributed by atoms with E-state index in [4.69, 9.17) is 5.26 Å². The zero-order valence-corrected chi connectivity index (χ0v) is 11.6. The van der Waals surface area contributed by atoms with E-state index in [0.29, 0.717) is 5.56 Å². The van der Waals surface area contributed by atoms with E-state index in [1.807, 2.05) is 43.0 Å². The fourth-order valence-electron chi connectivity index (χ4n) is 2.10. The van der Waals surface area contributed by atoms with Crippen LogP contribution in [0.3, 0.4) is 0 Å². The van der Waals surface area contributed by atoms with Crippen LogP contribution in [0, 0.1) is 18.3 Å². The number of nitriles is 1. The summed E-state index contributed by atoms with van der Waals surface area (Å²) in [6.45, 7) is 4.87. The Hall–Kier alpha value is -2.28. The second-order valence-corrected chi connectivity index (χ2v) is 4.62. The first-order valence-corrected chi connectivity index (χ1v) is 6.40. The molecular weight excluding hydrogens is 236 g/mol. The molecule has 0 amide bonds. The van der Waals surface area contributed by atoms with Crippen LogP contribution in [0.15, 0.2) is 24.4 Å². The summed E-state index contributed by atoms with van der Waals surface area (Å²) >= 11 is 0. The Bertz CT molecular complexity index is 620. The maximum absolute atomic E-state index is 8.93. The van der Waals surface area contributed by atoms with Crippen LogP contribution in [0.4, 0.5) is 5.69 Å². The van der Waals surface area contributed by atoms with Crippen LogP contribution in [0.2, 0.25) is 0 Å². The number of anilines is 1. The first kappa shape index (κ1) is 13.2. The number of hydrogen-bond donors (Lipinski definition) is 1. The monoisotopic (exact) mass is 254 g/mol. The second-order valence-electron chi connectivity index (χ2n) is 4.62. The van der Waals surface area contributed by atoms with Crippen LogP contribution in [-0.2, 0) is 20.0 Å². The maximum Gasteiger partial charge on any atom is 0.0992 e. The summed E-state index contributed by atoms with van der Waals surface area (Å²) < 4.78 is 1.84. The molecule has 0 fully saturated rings. The van der Waals surface area contributed by atoms with Crippen LogP contribution in [0.5, 0.6) is 0 Å². The zero-order chi connectivity index (χ0) is 13.8. The smallest absolute Gasteiger partial charge is 0.0992 e. The molecule has 1 aromatic carbocycles. The lowest BCUT2D eigenvalue weighted by molar-refractivity contribution is 0.746. The molecule has 0 spiro atoms. The number of nitrogens with one attached hydrogen (secondary N) is 1. The van der Waals surface area contributed by atoms with Gasteiger partial charge in [0.15, 0.2) is 0 Å². The van der Waals surface area contributed by atoms with Crippen molar-refractivity contribution in [2.24, 2.45) is 7.05 Å². The molecule has 0 unspecified atom stereocenters. The number of benzene rings is 1. The van der Waals surface area contributed by atoms with E-state index in [9.17, 15) is 0 Å². The molecule has 1 heterocycles. The zero-order valence-electron chi connectivity index (χ0n) is 11.6. The molecule has 0 saturated carbocycles. The highest BCUT2D eigenvalue weighted by atomic mass is 15.3. The highest BCUT2D eigenvalue weighted by Gasteiger charge is 2.06. The normalized spacial score (nSPS) is 10.2. The van der Waals surface area contributed by atoms with Gasteiger partial charge in [0.05, 0.1) is 17.3 Å². The van der Waals surface area contributed by atoms with Gasteiger partial charge < -0.3 is 5.32 Å². The van der Waals surface area contributed by atoms with E-state index in [-0.39, 0.29) is 0 Å². The summed E-state index contributed by atoms with van der Waals surface area (Å²) in [5, 5.41) is 16.7. The fraction of sp³-hybridized carbons (Fsp3) is 0.333. The molecule has 4 nitrogen and oxygen atoms in total. The lowest BCUT2D eigenvalue weighted by Gasteiger charge is -2.09. The van der Waals surface area contributed by atoms with E-state index in [2.05, 4.69) is 23.4 Å². The van der Waals surface area contributed by atoms with Crippen LogP contribution < -0.4 is 5.32 Å². The summed E-state index contributed by atoms with van der Waals surface area (Å²) in [5.41, 5.74) is 5.14. The van der Waals surface area contributed by atoms with Crippen LogP contribution in [-0.4, -0.2) is 9.78 Å². The first-order chi connectivity index (χ1) is 9.13. The van der Waals surface area contributed by atoms with Gasteiger partial charge in [-0.25, -0.2) is 0 Å². The first-order valence-electron chi connectivity index (χ1n) is 6.40. The molecule has 1 aromatic heterocycles. The highest BCUT2D eigenvalue weighted by Crippen LogP contribution is 2.18. The lowest BCUT2D eigenvalue weighted by Crippen LogP contribution is -2.02. The van der Waals surface area contributed by atoms with Gasteiger partial charge in [-0.1, -0.05) is 13.0 Å². The molecule has 2 aromatic rings. The van der Waals surface area contributed by atoms with Crippen molar-refractivity contribution in [3.63, 3.8) is 0 Å². The maximum atomic E-state index is 8.93. The number of nitrogens with zero attached hydrogens (tertiary/aromatic N) is 3. The topological polar surface area (TPSA) is 53.6 Å². The van der Waals surface area contributed by atoms with Gasteiger partial charge >= 0.3 is 0 Å². The molecule has 0 bridgehead atoms. The van der Waals surface area contributed by atoms with Gasteiger partial charge in [-0.2, -0.15) is 10.4 Å². The Morgan fingerprint density at radius 2 is 2.21 bits per heavy atom. The molecule has 2 rings (SSSR count). The van der Waals surface area contributed by atoms with Gasteiger partial charge in [0.25, 0.3) is 0 Å². The Kier molecular flexibility index (Phi) is 3.86. The third-order valence-corrected chi connectivity index (χ3v) is 3.16. The molecule has 0 radical (unpaired) electrons. The van der Waals surface area contributed by atoms with Gasteiger partial charge in [0, 0.05) is 31.0 Å². The number of aryl methyl sites for hydroxylation is 3. The molecule has 0 atom stereocenters. The van der Waals surface area contributed by atoms with Gasteiger partial charge in [-0.15, -0.1) is 0 Å². The predicted molar refractivity (Wildman–Crippen MR) is 75.8 cm³/mol. The Labute approximate surface area is 113 Å². The summed E-state index contributed by atoms with van der Waals surface area (Å²) in [4.78, 5) is 0. The minimum Gasteiger partial charge on any atom is -0.381 e. The van der Waals surface area contributed by atoms with Crippen molar-refractivity contribution in [1.82, 2.24) is 9.78 Å². The van der Waals surface area contributed by atoms with Crippen molar-refractivity contribution >= 4 is 5.69 Å². The van der Waals surface area contributed by atoms with E-state index >= 15 is 0 Å². The van der Waals surface area contributed by atoms with Crippen LogP contribution in [0.25, 0.3) is 0 Å². The van der Waals surface area contributed by atoms with Crippen molar-refractivity contribution in [1.29, 1.82) is 5.26 Å². The van der Waals surface area contributed by atoms with Crippen molar-refractivity contribution in [2.45, 2.75) is 26.8 Å². The van der Waals surface area contributed by atoms with E-state index < -0.39 is 0 Å². The average Bonchev–Trinajstić information content (AvgIpc) is 2.78. The molecule has 0 aliphatic carbocycles. The lowest BCUT2D eigenvalue weighted by atomic mass is 10.1. The van der Waals surface area contributed by atoms with Crippen molar-refractivity contribution in [2.75, 3.05) is 5.32 Å². The van der Waals surface area contributed by atoms with E-state index in [1.165, 1.54) is 5.56 Å². The van der Waals surface area contributed by atoms with Gasteiger partial charge in [-0.3, -0.25) is 4.68 Å². The predicted octanol–water partition coefficient (Wildman–Crippen LogP) is 2.77. The number of hydrogen-bond acceptors (Lipinski definition) is 3. The van der Waals surface area contributed by atoms with Gasteiger partial charge in [0.2, 0.25) is 0 Å². The molecule has 0 aliphatic rings. The Morgan fingerprint density at radius 3 is 2.89 bits per heavy atom. The molecule has 19 heavy (non-hydrogen) atoms. The molecule has 1 N–H and O–H groups in total. The summed E-state index contributed by atoms with van der Waals surface area (Å²) in [6, 6.07) is 7.85. The quantitative estimate of drug-likeness (QED) is 0.912. The van der Waals surface area contributed by atoms with Gasteiger partial charge in [0.1, 0.15) is 0 Å².